The van der Waals surface area contributed by atoms with Gasteiger partial charge in [-0.25, -0.2) is 0 Å². The molecule has 2 heterocycles. The molecule has 0 saturated carbocycles. The standard InChI is InChI=1S/C8H15N5S/c1-13-7(9)11-12-8(13)14-6-3-2-4-10-5-6/h6,10H,2-5H2,1H3,(H2,9,11). The molecule has 1 fully saturated rings. The number of hydrogen-bond acceptors (Lipinski definition) is 5. The van der Waals surface area contributed by atoms with Gasteiger partial charge in [0.15, 0.2) is 5.16 Å². The van der Waals surface area contributed by atoms with Crippen LogP contribution in [0.15, 0.2) is 5.16 Å². The third-order valence-corrected chi connectivity index (χ3v) is 3.69. The van der Waals surface area contributed by atoms with E-state index < -0.39 is 0 Å². The molecule has 1 aliphatic heterocycles. The topological polar surface area (TPSA) is 68.8 Å². The first-order chi connectivity index (χ1) is 6.77. The van der Waals surface area contributed by atoms with E-state index in [9.17, 15) is 0 Å². The van der Waals surface area contributed by atoms with Gasteiger partial charge in [0.05, 0.1) is 0 Å². The Balaban J connectivity index is 1.99. The van der Waals surface area contributed by atoms with Crippen LogP contribution in [0.4, 0.5) is 5.95 Å². The maximum absolute atomic E-state index is 5.61. The number of nitrogens with zero attached hydrogens (tertiary/aromatic N) is 3. The minimum Gasteiger partial charge on any atom is -0.368 e. The largest absolute Gasteiger partial charge is 0.368 e. The quantitative estimate of drug-likeness (QED) is 0.736. The minimum atomic E-state index is 0.483. The Morgan fingerprint density at radius 2 is 2.43 bits per heavy atom. The molecular weight excluding hydrogens is 198 g/mol. The number of aromatic nitrogens is 3. The average Bonchev–Trinajstić information content (AvgIpc) is 2.52. The first-order valence-corrected chi connectivity index (χ1v) is 5.67. The lowest BCUT2D eigenvalue weighted by molar-refractivity contribution is 0.530. The van der Waals surface area contributed by atoms with E-state index in [0.29, 0.717) is 11.2 Å². The predicted molar refractivity (Wildman–Crippen MR) is 57.2 cm³/mol. The van der Waals surface area contributed by atoms with Crippen molar-refractivity contribution in [1.82, 2.24) is 20.1 Å². The average molecular weight is 213 g/mol. The van der Waals surface area contributed by atoms with Crippen LogP contribution in [0.3, 0.4) is 0 Å². The van der Waals surface area contributed by atoms with E-state index in [2.05, 4.69) is 15.5 Å². The SMILES string of the molecule is Cn1c(N)nnc1SC1CCCNC1. The van der Waals surface area contributed by atoms with Crippen molar-refractivity contribution in [3.8, 4) is 0 Å². The highest BCUT2D eigenvalue weighted by molar-refractivity contribution is 7.99. The summed E-state index contributed by atoms with van der Waals surface area (Å²) in [7, 11) is 1.90. The van der Waals surface area contributed by atoms with Gasteiger partial charge in [-0.1, -0.05) is 11.8 Å². The normalized spacial score (nSPS) is 22.5. The van der Waals surface area contributed by atoms with Gasteiger partial charge in [-0.15, -0.1) is 10.2 Å². The van der Waals surface area contributed by atoms with E-state index in [1.165, 1.54) is 12.8 Å². The van der Waals surface area contributed by atoms with Gasteiger partial charge in [-0.3, -0.25) is 4.57 Å². The zero-order valence-corrected chi connectivity index (χ0v) is 9.05. The molecule has 0 bridgehead atoms. The maximum atomic E-state index is 5.61. The first-order valence-electron chi connectivity index (χ1n) is 4.79. The van der Waals surface area contributed by atoms with Gasteiger partial charge in [-0.05, 0) is 19.4 Å². The third-order valence-electron chi connectivity index (χ3n) is 2.39. The van der Waals surface area contributed by atoms with Crippen LogP contribution in [-0.2, 0) is 7.05 Å². The summed E-state index contributed by atoms with van der Waals surface area (Å²) in [6.45, 7) is 2.19. The Bertz CT molecular complexity index is 305. The number of nitrogen functional groups attached to an aromatic ring is 1. The lowest BCUT2D eigenvalue weighted by Gasteiger charge is -2.21. The maximum Gasteiger partial charge on any atom is 0.222 e. The highest BCUT2D eigenvalue weighted by atomic mass is 32.2. The Kier molecular flexibility index (Phi) is 2.93. The van der Waals surface area contributed by atoms with Crippen LogP contribution in [0.1, 0.15) is 12.8 Å². The highest BCUT2D eigenvalue weighted by Crippen LogP contribution is 2.25. The molecule has 5 nitrogen and oxygen atoms in total. The minimum absolute atomic E-state index is 0.483. The molecule has 0 spiro atoms. The molecule has 0 aliphatic carbocycles. The van der Waals surface area contributed by atoms with Gasteiger partial charge in [0.2, 0.25) is 5.95 Å². The zero-order chi connectivity index (χ0) is 9.97. The molecule has 6 heteroatoms. The van der Waals surface area contributed by atoms with Crippen LogP contribution >= 0.6 is 11.8 Å². The molecule has 1 aromatic heterocycles. The second-order valence-electron chi connectivity index (χ2n) is 3.49. The van der Waals surface area contributed by atoms with Gasteiger partial charge in [-0.2, -0.15) is 0 Å². The molecule has 1 aliphatic rings. The van der Waals surface area contributed by atoms with Gasteiger partial charge >= 0.3 is 0 Å². The van der Waals surface area contributed by atoms with Gasteiger partial charge in [0.1, 0.15) is 0 Å². The molecule has 1 unspecified atom stereocenters. The Hall–Kier alpha value is -0.750. The summed E-state index contributed by atoms with van der Waals surface area (Å²) in [6, 6.07) is 0. The fourth-order valence-corrected chi connectivity index (χ4v) is 2.62. The molecule has 1 atom stereocenters. The first kappa shape index (κ1) is 9.79. The fraction of sp³-hybridized carbons (Fsp3) is 0.750. The van der Waals surface area contributed by atoms with Crippen LogP contribution in [0.25, 0.3) is 0 Å². The summed E-state index contributed by atoms with van der Waals surface area (Å²) >= 11 is 1.76. The molecule has 3 N–H and O–H groups in total. The van der Waals surface area contributed by atoms with Crippen molar-refractivity contribution in [2.75, 3.05) is 18.8 Å². The van der Waals surface area contributed by atoms with E-state index in [1.54, 1.807) is 11.8 Å². The van der Waals surface area contributed by atoms with Crippen molar-refractivity contribution in [3.63, 3.8) is 0 Å². The lowest BCUT2D eigenvalue weighted by Crippen LogP contribution is -2.31. The highest BCUT2D eigenvalue weighted by Gasteiger charge is 2.17. The predicted octanol–water partition coefficient (Wildman–Crippen LogP) is 0.241. The molecule has 14 heavy (non-hydrogen) atoms. The lowest BCUT2D eigenvalue weighted by atomic mass is 10.2. The summed E-state index contributed by atoms with van der Waals surface area (Å²) in [6.07, 6.45) is 2.48. The van der Waals surface area contributed by atoms with E-state index in [1.807, 2.05) is 11.6 Å². The van der Waals surface area contributed by atoms with Crippen LogP contribution in [-0.4, -0.2) is 33.1 Å². The van der Waals surface area contributed by atoms with Crippen molar-refractivity contribution in [1.29, 1.82) is 0 Å². The summed E-state index contributed by atoms with van der Waals surface area (Å²) in [5, 5.41) is 12.8. The summed E-state index contributed by atoms with van der Waals surface area (Å²) in [4.78, 5) is 0. The van der Waals surface area contributed by atoms with Crippen molar-refractivity contribution < 1.29 is 0 Å². The molecule has 78 valence electrons. The molecule has 1 aromatic rings. The van der Waals surface area contributed by atoms with E-state index in [-0.39, 0.29) is 0 Å². The number of anilines is 1. The van der Waals surface area contributed by atoms with Crippen LogP contribution < -0.4 is 11.1 Å². The summed E-state index contributed by atoms with van der Waals surface area (Å²) in [5.74, 6) is 0.483. The van der Waals surface area contributed by atoms with Crippen LogP contribution in [0.5, 0.6) is 0 Å². The zero-order valence-electron chi connectivity index (χ0n) is 8.23. The molecule has 0 amide bonds. The molecule has 2 rings (SSSR count). The summed E-state index contributed by atoms with van der Waals surface area (Å²) in [5.41, 5.74) is 5.61. The molecule has 1 saturated heterocycles. The molecule has 0 aromatic carbocycles. The fourth-order valence-electron chi connectivity index (χ4n) is 1.50. The number of rotatable bonds is 2. The Morgan fingerprint density at radius 1 is 1.57 bits per heavy atom. The number of piperidine rings is 1. The molecule has 0 radical (unpaired) electrons. The van der Waals surface area contributed by atoms with E-state index in [0.717, 1.165) is 18.2 Å². The van der Waals surface area contributed by atoms with Crippen LogP contribution in [0.2, 0.25) is 0 Å². The van der Waals surface area contributed by atoms with E-state index in [4.69, 9.17) is 5.73 Å². The number of nitrogens with two attached hydrogens (primary N) is 1. The van der Waals surface area contributed by atoms with Crippen molar-refractivity contribution in [2.24, 2.45) is 7.05 Å². The van der Waals surface area contributed by atoms with Crippen molar-refractivity contribution in [2.45, 2.75) is 23.2 Å². The second kappa shape index (κ2) is 4.18. The second-order valence-corrected chi connectivity index (χ2v) is 4.75. The van der Waals surface area contributed by atoms with E-state index >= 15 is 0 Å². The Labute approximate surface area is 87.5 Å². The monoisotopic (exact) mass is 213 g/mol. The summed E-state index contributed by atoms with van der Waals surface area (Å²) < 4.78 is 1.83. The van der Waals surface area contributed by atoms with Gasteiger partial charge in [0.25, 0.3) is 0 Å². The van der Waals surface area contributed by atoms with Gasteiger partial charge in [0, 0.05) is 18.8 Å². The number of hydrogen-bond donors (Lipinski definition) is 2. The van der Waals surface area contributed by atoms with Crippen molar-refractivity contribution in [3.05, 3.63) is 0 Å². The third kappa shape index (κ3) is 2.01. The van der Waals surface area contributed by atoms with Crippen LogP contribution in [0, 0.1) is 0 Å². The number of nitrogens with one attached hydrogen (secondary N) is 1. The van der Waals surface area contributed by atoms with Gasteiger partial charge < -0.3 is 11.1 Å². The smallest absolute Gasteiger partial charge is 0.222 e. The number of thioether (sulfide) groups is 1. The Morgan fingerprint density at radius 3 is 3.00 bits per heavy atom. The van der Waals surface area contributed by atoms with Crippen molar-refractivity contribution >= 4 is 17.7 Å². The molecular formula is C8H15N5S.